The van der Waals surface area contributed by atoms with Crippen LogP contribution in [0.3, 0.4) is 0 Å². The summed E-state index contributed by atoms with van der Waals surface area (Å²) < 4.78 is 58.7. The first-order valence-electron chi connectivity index (χ1n) is 12.3. The fourth-order valence-electron chi connectivity index (χ4n) is 4.51. The summed E-state index contributed by atoms with van der Waals surface area (Å²) in [6.07, 6.45) is -0.0195. The summed E-state index contributed by atoms with van der Waals surface area (Å²) in [5.41, 5.74) is 2.64. The highest BCUT2D eigenvalue weighted by atomic mass is 19.4. The summed E-state index contributed by atoms with van der Waals surface area (Å²) in [7, 11) is 0. The number of nitrogens with one attached hydrogen (secondary N) is 1. The van der Waals surface area contributed by atoms with Gasteiger partial charge in [-0.1, -0.05) is 19.1 Å². The molecule has 2 atom stereocenters. The molecule has 3 heterocycles. The molecule has 1 saturated heterocycles. The van der Waals surface area contributed by atoms with E-state index in [-0.39, 0.29) is 11.9 Å². The Bertz CT molecular complexity index is 1410. The highest BCUT2D eigenvalue weighted by Gasteiger charge is 2.34. The van der Waals surface area contributed by atoms with E-state index >= 15 is 0 Å². The molecule has 2 aromatic carbocycles. The van der Waals surface area contributed by atoms with Crippen molar-refractivity contribution in [3.63, 3.8) is 0 Å². The van der Waals surface area contributed by atoms with Crippen LogP contribution in [-0.2, 0) is 6.18 Å². The highest BCUT2D eigenvalue weighted by molar-refractivity contribution is 5.96. The molecular weight excluding hydrogens is 500 g/mol. The number of hydrogen-bond donors (Lipinski definition) is 1. The molecule has 11 heteroatoms. The van der Waals surface area contributed by atoms with Gasteiger partial charge in [0.25, 0.3) is 0 Å². The summed E-state index contributed by atoms with van der Waals surface area (Å²) in [5, 5.41) is 3.91. The Morgan fingerprint density at radius 2 is 1.79 bits per heavy atom. The Kier molecular flexibility index (Phi) is 7.11. The zero-order valence-electron chi connectivity index (χ0n) is 20.8. The van der Waals surface area contributed by atoms with E-state index in [9.17, 15) is 17.6 Å². The number of fused-ring (bicyclic) bond motifs is 1. The van der Waals surface area contributed by atoms with Gasteiger partial charge in [0, 0.05) is 36.4 Å². The third-order valence-corrected chi connectivity index (χ3v) is 6.63. The molecule has 7 nitrogen and oxygen atoms in total. The van der Waals surface area contributed by atoms with Gasteiger partial charge in [0.1, 0.15) is 35.3 Å². The van der Waals surface area contributed by atoms with E-state index in [0.29, 0.717) is 28.0 Å². The van der Waals surface area contributed by atoms with Crippen molar-refractivity contribution in [2.75, 3.05) is 25.0 Å². The first-order chi connectivity index (χ1) is 18.2. The lowest BCUT2D eigenvalue weighted by Crippen LogP contribution is -2.24. The lowest BCUT2D eigenvalue weighted by molar-refractivity contribution is -0.145. The average molecular weight is 527 g/mol. The van der Waals surface area contributed by atoms with Crippen molar-refractivity contribution in [2.45, 2.75) is 38.6 Å². The van der Waals surface area contributed by atoms with Gasteiger partial charge in [0.15, 0.2) is 0 Å². The van der Waals surface area contributed by atoms with Gasteiger partial charge in [0.2, 0.25) is 5.82 Å². The van der Waals surface area contributed by atoms with Crippen LogP contribution in [0, 0.1) is 5.82 Å². The summed E-state index contributed by atoms with van der Waals surface area (Å²) in [5.74, 6) is -0.478. The molecule has 0 bridgehead atoms. The Labute approximate surface area is 216 Å². The van der Waals surface area contributed by atoms with Crippen molar-refractivity contribution in [1.29, 1.82) is 0 Å². The topological polar surface area (TPSA) is 76.1 Å². The SMILES string of the molecule is CCN1CCC(Oc2cc(-c3ccc(F)cc3)cc3c(N[C@H](C)c4cnc(C(F)(F)F)nc4)ncnc23)C1. The van der Waals surface area contributed by atoms with Gasteiger partial charge in [-0.15, -0.1) is 0 Å². The maximum absolute atomic E-state index is 13.6. The molecule has 1 aliphatic rings. The van der Waals surface area contributed by atoms with E-state index < -0.39 is 18.0 Å². The second-order valence-corrected chi connectivity index (χ2v) is 9.23. The molecule has 0 saturated carbocycles. The average Bonchev–Trinajstić information content (AvgIpc) is 3.36. The molecule has 0 amide bonds. The Morgan fingerprint density at radius 3 is 2.45 bits per heavy atom. The Morgan fingerprint density at radius 1 is 1.05 bits per heavy atom. The molecule has 1 unspecified atom stereocenters. The number of alkyl halides is 3. The molecule has 0 spiro atoms. The van der Waals surface area contributed by atoms with Crippen molar-refractivity contribution >= 4 is 16.7 Å². The van der Waals surface area contributed by atoms with Crippen LogP contribution in [0.25, 0.3) is 22.0 Å². The molecule has 0 radical (unpaired) electrons. The fraction of sp³-hybridized carbons (Fsp3) is 0.333. The number of benzene rings is 2. The van der Waals surface area contributed by atoms with Gasteiger partial charge in [-0.05, 0) is 55.3 Å². The quantitative estimate of drug-likeness (QED) is 0.301. The second-order valence-electron chi connectivity index (χ2n) is 9.23. The maximum Gasteiger partial charge on any atom is 0.451 e. The van der Waals surface area contributed by atoms with Gasteiger partial charge in [-0.25, -0.2) is 24.3 Å². The lowest BCUT2D eigenvalue weighted by atomic mass is 10.0. The third-order valence-electron chi connectivity index (χ3n) is 6.63. The lowest BCUT2D eigenvalue weighted by Gasteiger charge is -2.20. The molecule has 1 fully saturated rings. The third kappa shape index (κ3) is 5.52. The van der Waals surface area contributed by atoms with Crippen LogP contribution in [-0.4, -0.2) is 50.6 Å². The molecule has 1 N–H and O–H groups in total. The summed E-state index contributed by atoms with van der Waals surface area (Å²) in [6.45, 7) is 6.59. The molecule has 38 heavy (non-hydrogen) atoms. The number of halogens is 4. The summed E-state index contributed by atoms with van der Waals surface area (Å²) in [6, 6.07) is 9.49. The molecule has 4 aromatic rings. The largest absolute Gasteiger partial charge is 0.487 e. The van der Waals surface area contributed by atoms with Crippen LogP contribution >= 0.6 is 0 Å². The summed E-state index contributed by atoms with van der Waals surface area (Å²) in [4.78, 5) is 18.1. The predicted octanol–water partition coefficient (Wildman–Crippen LogP) is 5.89. The highest BCUT2D eigenvalue weighted by Crippen LogP contribution is 2.36. The smallest absolute Gasteiger partial charge is 0.451 e. The van der Waals surface area contributed by atoms with Crippen LogP contribution in [0.2, 0.25) is 0 Å². The van der Waals surface area contributed by atoms with Crippen molar-refractivity contribution < 1.29 is 22.3 Å². The number of aromatic nitrogens is 4. The van der Waals surface area contributed by atoms with Gasteiger partial charge < -0.3 is 10.1 Å². The minimum absolute atomic E-state index is 0.00351. The number of likely N-dealkylation sites (tertiary alicyclic amines) is 1. The van der Waals surface area contributed by atoms with Crippen LogP contribution in [0.4, 0.5) is 23.4 Å². The van der Waals surface area contributed by atoms with E-state index in [1.165, 1.54) is 18.5 Å². The van der Waals surface area contributed by atoms with E-state index in [1.807, 2.05) is 12.1 Å². The number of likely N-dealkylation sites (N-methyl/N-ethyl adjacent to an activating group) is 1. The van der Waals surface area contributed by atoms with E-state index in [0.717, 1.165) is 49.6 Å². The van der Waals surface area contributed by atoms with E-state index in [2.05, 4.69) is 37.1 Å². The van der Waals surface area contributed by atoms with Crippen LogP contribution < -0.4 is 10.1 Å². The molecular formula is C27H26F4N6O. The number of hydrogen-bond acceptors (Lipinski definition) is 7. The van der Waals surface area contributed by atoms with Crippen LogP contribution in [0.1, 0.15) is 37.7 Å². The number of anilines is 1. The Hall–Kier alpha value is -3.86. The van der Waals surface area contributed by atoms with Gasteiger partial charge >= 0.3 is 6.18 Å². The molecule has 5 rings (SSSR count). The van der Waals surface area contributed by atoms with E-state index in [4.69, 9.17) is 4.74 Å². The monoisotopic (exact) mass is 526 g/mol. The number of rotatable bonds is 7. The zero-order chi connectivity index (χ0) is 26.9. The van der Waals surface area contributed by atoms with Crippen molar-refractivity contribution in [1.82, 2.24) is 24.8 Å². The molecule has 0 aliphatic carbocycles. The van der Waals surface area contributed by atoms with Crippen LogP contribution in [0.5, 0.6) is 5.75 Å². The van der Waals surface area contributed by atoms with Gasteiger partial charge in [-0.3, -0.25) is 4.90 Å². The predicted molar refractivity (Wildman–Crippen MR) is 135 cm³/mol. The van der Waals surface area contributed by atoms with Gasteiger partial charge in [-0.2, -0.15) is 13.2 Å². The molecule has 1 aliphatic heterocycles. The van der Waals surface area contributed by atoms with Crippen LogP contribution in [0.15, 0.2) is 55.1 Å². The minimum atomic E-state index is -4.61. The second kappa shape index (κ2) is 10.5. The maximum atomic E-state index is 13.6. The standard InChI is InChI=1S/C27H26F4N6O/c1-3-37-9-8-21(14-37)38-23-11-18(17-4-6-20(28)7-5-17)10-22-24(23)34-15-35-25(22)36-16(2)19-12-32-26(33-13-19)27(29,30)31/h4-7,10-13,15-16,21H,3,8-9,14H2,1-2H3,(H,34,35,36)/t16-,21?/m1/s1. The summed E-state index contributed by atoms with van der Waals surface area (Å²) >= 11 is 0. The van der Waals surface area contributed by atoms with Gasteiger partial charge in [0.05, 0.1) is 6.04 Å². The normalized spacial score (nSPS) is 17.1. The van der Waals surface area contributed by atoms with Crippen molar-refractivity contribution in [2.24, 2.45) is 0 Å². The first-order valence-corrected chi connectivity index (χ1v) is 12.3. The number of ether oxygens (including phenoxy) is 1. The fourth-order valence-corrected chi connectivity index (χ4v) is 4.51. The Balaban J connectivity index is 1.52. The minimum Gasteiger partial charge on any atom is -0.487 e. The number of nitrogens with zero attached hydrogens (tertiary/aromatic N) is 5. The molecule has 2 aromatic heterocycles. The van der Waals surface area contributed by atoms with E-state index in [1.54, 1.807) is 19.1 Å². The molecule has 198 valence electrons. The first kappa shape index (κ1) is 25.8. The van der Waals surface area contributed by atoms with Crippen molar-refractivity contribution in [3.05, 3.63) is 72.3 Å². The zero-order valence-corrected chi connectivity index (χ0v) is 20.8. The van der Waals surface area contributed by atoms with Crippen molar-refractivity contribution in [3.8, 4) is 16.9 Å².